The molecule has 0 aliphatic heterocycles. The molecule has 0 bridgehead atoms. The van der Waals surface area contributed by atoms with Crippen LogP contribution in [-0.4, -0.2) is 21.8 Å². The summed E-state index contributed by atoms with van der Waals surface area (Å²) in [5.41, 5.74) is 1.14. The van der Waals surface area contributed by atoms with Crippen molar-refractivity contribution in [2.75, 3.05) is 0 Å². The zero-order valence-corrected chi connectivity index (χ0v) is 13.5. The lowest BCUT2D eigenvalue weighted by Gasteiger charge is -2.26. The van der Waals surface area contributed by atoms with E-state index in [-0.39, 0.29) is 11.9 Å². The molecule has 0 aliphatic rings. The fraction of sp³-hybridized carbons (Fsp3) is 0.250. The van der Waals surface area contributed by atoms with Crippen molar-refractivity contribution < 1.29 is 9.18 Å². The van der Waals surface area contributed by atoms with Gasteiger partial charge in [-0.2, -0.15) is 0 Å². The van der Waals surface area contributed by atoms with Crippen molar-refractivity contribution in [3.8, 4) is 0 Å². The Balaban J connectivity index is 2.25. The number of nitrogens with zero attached hydrogens (tertiary/aromatic N) is 2. The highest BCUT2D eigenvalue weighted by molar-refractivity contribution is 9.10. The number of pyridine rings is 1. The molecule has 2 rings (SSSR count). The first-order chi connectivity index (χ1) is 9.99. The third kappa shape index (κ3) is 3.88. The van der Waals surface area contributed by atoms with E-state index >= 15 is 0 Å². The Morgan fingerprint density at radius 1 is 1.33 bits per heavy atom. The number of carbonyl (C=O) groups is 1. The van der Waals surface area contributed by atoms with Crippen molar-refractivity contribution in [1.29, 1.82) is 0 Å². The molecule has 5 heteroatoms. The lowest BCUT2D eigenvalue weighted by Crippen LogP contribution is -2.36. The van der Waals surface area contributed by atoms with Gasteiger partial charge < -0.3 is 4.90 Å². The summed E-state index contributed by atoms with van der Waals surface area (Å²) < 4.78 is 13.9. The number of halogens is 2. The van der Waals surface area contributed by atoms with E-state index in [9.17, 15) is 9.18 Å². The van der Waals surface area contributed by atoms with Gasteiger partial charge in [-0.1, -0.05) is 6.07 Å². The van der Waals surface area contributed by atoms with Gasteiger partial charge >= 0.3 is 0 Å². The van der Waals surface area contributed by atoms with Crippen molar-refractivity contribution in [2.24, 2.45) is 0 Å². The Morgan fingerprint density at radius 3 is 2.67 bits per heavy atom. The second-order valence-corrected chi connectivity index (χ2v) is 5.83. The van der Waals surface area contributed by atoms with E-state index in [4.69, 9.17) is 0 Å². The van der Waals surface area contributed by atoms with Crippen LogP contribution >= 0.6 is 15.9 Å². The summed E-state index contributed by atoms with van der Waals surface area (Å²) in [4.78, 5) is 18.5. The van der Waals surface area contributed by atoms with Crippen LogP contribution in [0.4, 0.5) is 4.39 Å². The van der Waals surface area contributed by atoms with E-state index in [2.05, 4.69) is 20.9 Å². The molecular formula is C16H16BrFN2O. The molecule has 0 radical (unpaired) electrons. The Labute approximate surface area is 131 Å². The molecule has 0 unspecified atom stereocenters. The highest BCUT2D eigenvalue weighted by atomic mass is 79.9. The topological polar surface area (TPSA) is 33.2 Å². The van der Waals surface area contributed by atoms with Crippen LogP contribution in [-0.2, 0) is 6.54 Å². The van der Waals surface area contributed by atoms with Gasteiger partial charge in [0, 0.05) is 17.8 Å². The Bertz CT molecular complexity index is 631. The van der Waals surface area contributed by atoms with Crippen LogP contribution in [0.5, 0.6) is 0 Å². The fourth-order valence-electron chi connectivity index (χ4n) is 1.95. The van der Waals surface area contributed by atoms with E-state index in [0.29, 0.717) is 16.6 Å². The first-order valence-corrected chi connectivity index (χ1v) is 7.44. The van der Waals surface area contributed by atoms with Crippen LogP contribution in [0.15, 0.2) is 47.1 Å². The number of carbonyl (C=O) groups excluding carboxylic acids is 1. The third-order valence-electron chi connectivity index (χ3n) is 3.11. The van der Waals surface area contributed by atoms with Gasteiger partial charge in [0.15, 0.2) is 0 Å². The minimum atomic E-state index is -0.442. The van der Waals surface area contributed by atoms with E-state index in [1.807, 2.05) is 32.0 Å². The van der Waals surface area contributed by atoms with Gasteiger partial charge in [0.05, 0.1) is 16.7 Å². The average Bonchev–Trinajstić information content (AvgIpc) is 2.47. The average molecular weight is 351 g/mol. The maximum absolute atomic E-state index is 13.6. The van der Waals surface area contributed by atoms with Gasteiger partial charge in [-0.05, 0) is 60.1 Å². The molecule has 1 aromatic heterocycles. The predicted octanol–water partition coefficient (Wildman–Crippen LogP) is 4.03. The second kappa shape index (κ2) is 6.80. The monoisotopic (exact) mass is 350 g/mol. The molecule has 21 heavy (non-hydrogen) atoms. The van der Waals surface area contributed by atoms with E-state index in [1.165, 1.54) is 6.07 Å². The van der Waals surface area contributed by atoms with E-state index in [0.717, 1.165) is 5.69 Å². The summed E-state index contributed by atoms with van der Waals surface area (Å²) in [7, 11) is 0. The molecule has 110 valence electrons. The fourth-order valence-corrected chi connectivity index (χ4v) is 2.20. The van der Waals surface area contributed by atoms with Crippen LogP contribution in [0.25, 0.3) is 0 Å². The van der Waals surface area contributed by atoms with E-state index < -0.39 is 5.82 Å². The van der Waals surface area contributed by atoms with Crippen molar-refractivity contribution in [1.82, 2.24) is 9.88 Å². The molecule has 0 fully saturated rings. The molecule has 0 N–H and O–H groups in total. The molecule has 0 aliphatic carbocycles. The SMILES string of the molecule is CC(C)N(Cc1ccccn1)C(=O)c1ccc(Br)c(F)c1. The van der Waals surface area contributed by atoms with Crippen molar-refractivity contribution in [3.63, 3.8) is 0 Å². The molecule has 0 spiro atoms. The predicted molar refractivity (Wildman–Crippen MR) is 83.3 cm³/mol. The molecule has 2 aromatic rings. The first-order valence-electron chi connectivity index (χ1n) is 6.65. The number of amides is 1. The number of rotatable bonds is 4. The molecule has 1 heterocycles. The Kier molecular flexibility index (Phi) is 5.07. The standard InChI is InChI=1S/C16H16BrFN2O/c1-11(2)20(10-13-5-3-4-8-19-13)16(21)12-6-7-14(17)15(18)9-12/h3-9,11H,10H2,1-2H3. The summed E-state index contributed by atoms with van der Waals surface area (Å²) in [5.74, 6) is -0.649. The summed E-state index contributed by atoms with van der Waals surface area (Å²) in [6.07, 6.45) is 1.69. The summed E-state index contributed by atoms with van der Waals surface area (Å²) in [6.45, 7) is 4.25. The molecule has 0 saturated carbocycles. The van der Waals surface area contributed by atoms with Gasteiger partial charge in [-0.25, -0.2) is 4.39 Å². The van der Waals surface area contributed by atoms with Gasteiger partial charge in [-0.15, -0.1) is 0 Å². The van der Waals surface area contributed by atoms with Crippen molar-refractivity contribution >= 4 is 21.8 Å². The Hall–Kier alpha value is -1.75. The summed E-state index contributed by atoms with van der Waals surface area (Å²) >= 11 is 3.09. The maximum Gasteiger partial charge on any atom is 0.254 e. The van der Waals surface area contributed by atoms with Gasteiger partial charge in [0.2, 0.25) is 0 Å². The highest BCUT2D eigenvalue weighted by Gasteiger charge is 2.20. The summed E-state index contributed by atoms with van der Waals surface area (Å²) in [6, 6.07) is 9.97. The van der Waals surface area contributed by atoms with Crippen LogP contribution < -0.4 is 0 Å². The molecule has 0 atom stereocenters. The molecular weight excluding hydrogens is 335 g/mol. The largest absolute Gasteiger partial charge is 0.330 e. The quantitative estimate of drug-likeness (QED) is 0.833. The van der Waals surface area contributed by atoms with Crippen molar-refractivity contribution in [3.05, 3.63) is 64.1 Å². The lowest BCUT2D eigenvalue weighted by molar-refractivity contribution is 0.0687. The second-order valence-electron chi connectivity index (χ2n) is 4.98. The van der Waals surface area contributed by atoms with Crippen LogP contribution in [0.1, 0.15) is 29.9 Å². The molecule has 0 saturated heterocycles. The van der Waals surface area contributed by atoms with Crippen LogP contribution in [0.3, 0.4) is 0 Å². The Morgan fingerprint density at radius 2 is 2.10 bits per heavy atom. The zero-order chi connectivity index (χ0) is 15.4. The lowest BCUT2D eigenvalue weighted by atomic mass is 10.1. The molecule has 1 aromatic carbocycles. The normalized spacial score (nSPS) is 10.7. The smallest absolute Gasteiger partial charge is 0.254 e. The van der Waals surface area contributed by atoms with Crippen molar-refractivity contribution in [2.45, 2.75) is 26.4 Å². The zero-order valence-electron chi connectivity index (χ0n) is 11.9. The molecule has 3 nitrogen and oxygen atoms in total. The molecule has 1 amide bonds. The minimum absolute atomic E-state index is 0.00814. The number of aromatic nitrogens is 1. The van der Waals surface area contributed by atoms with Gasteiger partial charge in [-0.3, -0.25) is 9.78 Å². The highest BCUT2D eigenvalue weighted by Crippen LogP contribution is 2.19. The number of hydrogen-bond acceptors (Lipinski definition) is 2. The van der Waals surface area contributed by atoms with E-state index in [1.54, 1.807) is 23.2 Å². The number of benzene rings is 1. The minimum Gasteiger partial charge on any atom is -0.330 e. The van der Waals surface area contributed by atoms with Gasteiger partial charge in [0.25, 0.3) is 5.91 Å². The van der Waals surface area contributed by atoms with Crippen LogP contribution in [0.2, 0.25) is 0 Å². The summed E-state index contributed by atoms with van der Waals surface area (Å²) in [5, 5.41) is 0. The number of hydrogen-bond donors (Lipinski definition) is 0. The third-order valence-corrected chi connectivity index (χ3v) is 3.75. The first kappa shape index (κ1) is 15.6. The van der Waals surface area contributed by atoms with Crippen LogP contribution in [0, 0.1) is 5.82 Å². The van der Waals surface area contributed by atoms with Gasteiger partial charge in [0.1, 0.15) is 5.82 Å². The maximum atomic E-state index is 13.6.